The number of hydrogen-bond acceptors (Lipinski definition) is 9. The molecular weight excluding hydrogens is 478 g/mol. The predicted octanol–water partition coefficient (Wildman–Crippen LogP) is 2.37. The van der Waals surface area contributed by atoms with E-state index in [9.17, 15) is 24.6 Å². The van der Waals surface area contributed by atoms with Gasteiger partial charge in [-0.15, -0.1) is 0 Å². The lowest BCUT2D eigenvalue weighted by atomic mass is 9.80. The number of carbonyl (C=O) groups excluding carboxylic acids is 3. The van der Waals surface area contributed by atoms with Crippen molar-refractivity contribution < 1.29 is 38.8 Å². The van der Waals surface area contributed by atoms with Gasteiger partial charge in [0.1, 0.15) is 18.1 Å². The van der Waals surface area contributed by atoms with Crippen LogP contribution in [-0.2, 0) is 28.6 Å². The average Bonchev–Trinajstić information content (AvgIpc) is 2.82. The Balaban J connectivity index is 2.42. The van der Waals surface area contributed by atoms with Crippen LogP contribution in [0.3, 0.4) is 0 Å². The van der Waals surface area contributed by atoms with E-state index >= 15 is 0 Å². The maximum absolute atomic E-state index is 13.5. The molecule has 0 aromatic carbocycles. The summed E-state index contributed by atoms with van der Waals surface area (Å²) >= 11 is 0. The number of nitrogens with zero attached hydrogens (tertiary/aromatic N) is 1. The highest BCUT2D eigenvalue weighted by atomic mass is 16.7. The topological polar surface area (TPSA) is 123 Å². The standard InChI is InChI=1S/C28H47NO8/c1-14-10-11-22(31)15(2)12-16(3)25(37-28-24(33)21(29(8)9)13-17(4)35-28)18(5)23(32)19(6)27(34)36-26(14)20(7)30/h10-11,14-21,24-26,28,30,33H,12-13H2,1-9H3/b11-10-/t14-,15-,16+,17-,18+,19-,20-,21+,24-,25+,26+,28-/m1/s1. The maximum Gasteiger partial charge on any atom is 0.316 e. The van der Waals surface area contributed by atoms with Crippen LogP contribution in [0.1, 0.15) is 61.3 Å². The van der Waals surface area contributed by atoms with Gasteiger partial charge in [-0.2, -0.15) is 0 Å². The zero-order valence-corrected chi connectivity index (χ0v) is 23.8. The lowest BCUT2D eigenvalue weighted by Gasteiger charge is -2.43. The number of aliphatic hydroxyl groups excluding tert-OH is 2. The van der Waals surface area contributed by atoms with Gasteiger partial charge in [0.15, 0.2) is 17.9 Å². The van der Waals surface area contributed by atoms with Gasteiger partial charge in [-0.1, -0.05) is 33.8 Å². The molecule has 0 spiro atoms. The number of allylic oxidation sites excluding steroid dienone is 1. The summed E-state index contributed by atoms with van der Waals surface area (Å²) < 4.78 is 17.9. The zero-order chi connectivity index (χ0) is 28.2. The van der Waals surface area contributed by atoms with Crippen molar-refractivity contribution in [1.82, 2.24) is 4.90 Å². The van der Waals surface area contributed by atoms with Crippen molar-refractivity contribution in [3.8, 4) is 0 Å². The molecule has 0 unspecified atom stereocenters. The number of ether oxygens (including phenoxy) is 3. The first-order valence-corrected chi connectivity index (χ1v) is 13.4. The van der Waals surface area contributed by atoms with Crippen LogP contribution in [0, 0.1) is 29.6 Å². The summed E-state index contributed by atoms with van der Waals surface area (Å²) in [5, 5.41) is 21.2. The summed E-state index contributed by atoms with van der Waals surface area (Å²) in [6.07, 6.45) is -0.500. The van der Waals surface area contributed by atoms with E-state index in [1.807, 2.05) is 39.8 Å². The Morgan fingerprint density at radius 3 is 2.24 bits per heavy atom. The van der Waals surface area contributed by atoms with Crippen LogP contribution >= 0.6 is 0 Å². The van der Waals surface area contributed by atoms with Crippen LogP contribution in [0.25, 0.3) is 0 Å². The maximum atomic E-state index is 13.5. The minimum Gasteiger partial charge on any atom is -0.458 e. The highest BCUT2D eigenvalue weighted by molar-refractivity contribution is 6.00. The van der Waals surface area contributed by atoms with Gasteiger partial charge in [-0.05, 0) is 59.7 Å². The summed E-state index contributed by atoms with van der Waals surface area (Å²) in [6.45, 7) is 12.1. The van der Waals surface area contributed by atoms with Crippen LogP contribution in [0.15, 0.2) is 12.2 Å². The molecule has 1 fully saturated rings. The third-order valence-corrected chi connectivity index (χ3v) is 7.87. The molecule has 0 bridgehead atoms. The molecule has 2 aliphatic heterocycles. The molecule has 0 amide bonds. The molecule has 2 N–H and O–H groups in total. The van der Waals surface area contributed by atoms with Crippen LogP contribution < -0.4 is 0 Å². The van der Waals surface area contributed by atoms with E-state index in [2.05, 4.69) is 0 Å². The number of likely N-dealkylation sites (N-methyl/N-ethyl adjacent to an activating group) is 1. The molecule has 37 heavy (non-hydrogen) atoms. The van der Waals surface area contributed by atoms with E-state index in [0.717, 1.165) is 0 Å². The average molecular weight is 526 g/mol. The van der Waals surface area contributed by atoms with E-state index in [-0.39, 0.29) is 35.5 Å². The van der Waals surface area contributed by atoms with E-state index < -0.39 is 54.4 Å². The van der Waals surface area contributed by atoms with E-state index in [0.29, 0.717) is 12.8 Å². The molecule has 12 atom stereocenters. The summed E-state index contributed by atoms with van der Waals surface area (Å²) in [5.74, 6) is -4.07. The Morgan fingerprint density at radius 1 is 1.05 bits per heavy atom. The quantitative estimate of drug-likeness (QED) is 0.421. The zero-order valence-electron chi connectivity index (χ0n) is 23.8. The second kappa shape index (κ2) is 13.4. The molecule has 9 heteroatoms. The number of rotatable bonds is 4. The van der Waals surface area contributed by atoms with Crippen LogP contribution in [0.4, 0.5) is 0 Å². The van der Waals surface area contributed by atoms with Crippen molar-refractivity contribution in [1.29, 1.82) is 0 Å². The minimum absolute atomic E-state index is 0.104. The van der Waals surface area contributed by atoms with Gasteiger partial charge in [0.05, 0.1) is 18.3 Å². The normalized spacial score (nSPS) is 42.7. The Bertz CT molecular complexity index is 827. The first-order valence-electron chi connectivity index (χ1n) is 13.4. The fraction of sp³-hybridized carbons (Fsp3) is 0.821. The van der Waals surface area contributed by atoms with E-state index in [1.165, 1.54) is 19.9 Å². The van der Waals surface area contributed by atoms with Crippen molar-refractivity contribution >= 4 is 17.5 Å². The molecule has 2 rings (SSSR count). The van der Waals surface area contributed by atoms with Crippen molar-refractivity contribution in [2.75, 3.05) is 14.1 Å². The van der Waals surface area contributed by atoms with Gasteiger partial charge >= 0.3 is 5.97 Å². The minimum atomic E-state index is -1.08. The number of aliphatic hydroxyl groups is 2. The number of ketones is 2. The van der Waals surface area contributed by atoms with Gasteiger partial charge < -0.3 is 29.3 Å². The largest absolute Gasteiger partial charge is 0.458 e. The molecule has 2 heterocycles. The van der Waals surface area contributed by atoms with Crippen LogP contribution in [0.2, 0.25) is 0 Å². The second-order valence-electron chi connectivity index (χ2n) is 11.5. The predicted molar refractivity (Wildman–Crippen MR) is 138 cm³/mol. The van der Waals surface area contributed by atoms with Gasteiger partial charge in [-0.25, -0.2) is 0 Å². The fourth-order valence-electron chi connectivity index (χ4n) is 5.44. The Kier molecular flexibility index (Phi) is 11.5. The summed E-state index contributed by atoms with van der Waals surface area (Å²) in [5.41, 5.74) is 0. The van der Waals surface area contributed by atoms with Gasteiger partial charge in [0, 0.05) is 23.8 Å². The molecular formula is C28H47NO8. The lowest BCUT2D eigenvalue weighted by molar-refractivity contribution is -0.278. The molecule has 0 aliphatic carbocycles. The SMILES string of the molecule is C[C@H]1C(=O)O[C@H]([C@@H](C)O)[C@H](C)/C=C\C(=O)[C@H](C)C[C@H](C)[C@H](O[C@H]2O[C@H](C)C[C@H](N(C)C)[C@H]2O)[C@@H](C)C1=O. The number of Topliss-reactive ketones (excluding diaryl/α,β-unsaturated/α-hetero) is 1. The molecule has 212 valence electrons. The molecule has 9 nitrogen and oxygen atoms in total. The van der Waals surface area contributed by atoms with Crippen LogP contribution in [-0.4, -0.2) is 89.6 Å². The number of esters is 1. The van der Waals surface area contributed by atoms with Crippen molar-refractivity contribution in [2.45, 2.75) is 104 Å². The highest BCUT2D eigenvalue weighted by Crippen LogP contribution is 2.32. The monoisotopic (exact) mass is 525 g/mol. The first-order chi connectivity index (χ1) is 17.1. The molecule has 1 saturated heterocycles. The summed E-state index contributed by atoms with van der Waals surface area (Å²) in [4.78, 5) is 41.3. The molecule has 0 aromatic rings. The smallest absolute Gasteiger partial charge is 0.316 e. The van der Waals surface area contributed by atoms with Crippen molar-refractivity contribution in [3.63, 3.8) is 0 Å². The number of cyclic esters (lactones) is 1. The Morgan fingerprint density at radius 2 is 1.68 bits per heavy atom. The highest BCUT2D eigenvalue weighted by Gasteiger charge is 2.43. The third kappa shape index (κ3) is 7.93. The Labute approximate surface area is 221 Å². The molecule has 2 aliphatic rings. The first kappa shape index (κ1) is 31.6. The number of hydrogen-bond donors (Lipinski definition) is 2. The van der Waals surface area contributed by atoms with Gasteiger partial charge in [0.2, 0.25) is 0 Å². The fourth-order valence-corrected chi connectivity index (χ4v) is 5.44. The van der Waals surface area contributed by atoms with Crippen LogP contribution in [0.5, 0.6) is 0 Å². The van der Waals surface area contributed by atoms with E-state index in [1.54, 1.807) is 19.9 Å². The van der Waals surface area contributed by atoms with Crippen molar-refractivity contribution in [2.24, 2.45) is 29.6 Å². The third-order valence-electron chi connectivity index (χ3n) is 7.87. The summed E-state index contributed by atoms with van der Waals surface area (Å²) in [7, 11) is 3.77. The van der Waals surface area contributed by atoms with E-state index in [4.69, 9.17) is 14.2 Å². The number of carbonyl (C=O) groups is 3. The lowest BCUT2D eigenvalue weighted by Crippen LogP contribution is -2.56. The second-order valence-corrected chi connectivity index (χ2v) is 11.5. The van der Waals surface area contributed by atoms with Gasteiger partial charge in [-0.3, -0.25) is 14.4 Å². The van der Waals surface area contributed by atoms with Crippen molar-refractivity contribution in [3.05, 3.63) is 12.2 Å². The molecule has 0 saturated carbocycles. The van der Waals surface area contributed by atoms with Gasteiger partial charge in [0.25, 0.3) is 0 Å². The molecule has 0 radical (unpaired) electrons. The molecule has 0 aromatic heterocycles. The summed E-state index contributed by atoms with van der Waals surface area (Å²) in [6, 6.07) is -0.187. The Hall–Kier alpha value is -1.65.